The zero-order valence-electron chi connectivity index (χ0n) is 11.0. The number of carbonyl (C=O) groups is 1. The Hall–Kier alpha value is -1.65. The van der Waals surface area contributed by atoms with Crippen molar-refractivity contribution in [2.45, 2.75) is 20.8 Å². The first-order valence-corrected chi connectivity index (χ1v) is 5.55. The molecule has 0 aliphatic carbocycles. The molecule has 0 spiro atoms. The molecule has 5 nitrogen and oxygen atoms in total. The Balaban J connectivity index is 2.75. The van der Waals surface area contributed by atoms with Gasteiger partial charge in [-0.3, -0.25) is 4.79 Å². The first-order chi connectivity index (χ1) is 7.93. The lowest BCUT2D eigenvalue weighted by molar-refractivity contribution is -0.144. The monoisotopic (exact) mass is 237 g/mol. The van der Waals surface area contributed by atoms with Crippen molar-refractivity contribution in [1.82, 2.24) is 9.97 Å². The SMILES string of the molecule is COC(=O)C(C)CN(C)c1cc(C)nc(C)n1. The van der Waals surface area contributed by atoms with Crippen molar-refractivity contribution in [1.29, 1.82) is 0 Å². The van der Waals surface area contributed by atoms with Crippen LogP contribution in [0.5, 0.6) is 0 Å². The summed E-state index contributed by atoms with van der Waals surface area (Å²) >= 11 is 0. The van der Waals surface area contributed by atoms with Gasteiger partial charge in [0.2, 0.25) is 0 Å². The van der Waals surface area contributed by atoms with Gasteiger partial charge in [0.1, 0.15) is 11.6 Å². The van der Waals surface area contributed by atoms with E-state index in [0.29, 0.717) is 6.54 Å². The summed E-state index contributed by atoms with van der Waals surface area (Å²) in [5.74, 6) is 1.17. The van der Waals surface area contributed by atoms with Gasteiger partial charge in [0, 0.05) is 25.4 Å². The number of ether oxygens (including phenoxy) is 1. The van der Waals surface area contributed by atoms with Crippen LogP contribution in [0.1, 0.15) is 18.4 Å². The molecule has 1 rings (SSSR count). The summed E-state index contributed by atoms with van der Waals surface area (Å²) in [6.07, 6.45) is 0. The average Bonchev–Trinajstić information content (AvgIpc) is 2.26. The lowest BCUT2D eigenvalue weighted by Crippen LogP contribution is -2.30. The summed E-state index contributed by atoms with van der Waals surface area (Å²) in [5.41, 5.74) is 0.921. The van der Waals surface area contributed by atoms with E-state index in [4.69, 9.17) is 4.74 Å². The number of methoxy groups -OCH3 is 1. The molecule has 0 aliphatic heterocycles. The summed E-state index contributed by atoms with van der Waals surface area (Å²) in [5, 5.41) is 0. The molecule has 1 aromatic heterocycles. The zero-order valence-corrected chi connectivity index (χ0v) is 11.0. The number of anilines is 1. The number of rotatable bonds is 4. The minimum atomic E-state index is -0.209. The number of aryl methyl sites for hydroxylation is 2. The van der Waals surface area contributed by atoms with Crippen LogP contribution in [0, 0.1) is 19.8 Å². The average molecular weight is 237 g/mol. The molecule has 0 aromatic carbocycles. The fraction of sp³-hybridized carbons (Fsp3) is 0.583. The smallest absolute Gasteiger partial charge is 0.310 e. The molecule has 0 saturated carbocycles. The van der Waals surface area contributed by atoms with Gasteiger partial charge in [-0.25, -0.2) is 9.97 Å². The van der Waals surface area contributed by atoms with Gasteiger partial charge < -0.3 is 9.64 Å². The molecule has 0 saturated heterocycles. The van der Waals surface area contributed by atoms with Gasteiger partial charge in [-0.15, -0.1) is 0 Å². The Morgan fingerprint density at radius 3 is 2.65 bits per heavy atom. The Kier molecular flexibility index (Phi) is 4.43. The van der Waals surface area contributed by atoms with E-state index in [-0.39, 0.29) is 11.9 Å². The van der Waals surface area contributed by atoms with Gasteiger partial charge in [-0.1, -0.05) is 6.92 Å². The second-order valence-corrected chi connectivity index (χ2v) is 4.22. The maximum atomic E-state index is 11.3. The first kappa shape index (κ1) is 13.4. The summed E-state index contributed by atoms with van der Waals surface area (Å²) in [6.45, 7) is 6.19. The number of nitrogens with zero attached hydrogens (tertiary/aromatic N) is 3. The Bertz CT molecular complexity index is 386. The number of aromatic nitrogens is 2. The van der Waals surface area contributed by atoms with Crippen LogP contribution >= 0.6 is 0 Å². The van der Waals surface area contributed by atoms with Gasteiger partial charge in [0.15, 0.2) is 0 Å². The minimum absolute atomic E-state index is 0.180. The van der Waals surface area contributed by atoms with Crippen LogP contribution in [0.15, 0.2) is 6.07 Å². The molecule has 0 bridgehead atoms. The normalized spacial score (nSPS) is 12.1. The Morgan fingerprint density at radius 1 is 1.47 bits per heavy atom. The zero-order chi connectivity index (χ0) is 13.0. The molecule has 1 atom stereocenters. The number of carbonyl (C=O) groups excluding carboxylic acids is 1. The van der Waals surface area contributed by atoms with E-state index in [1.54, 1.807) is 0 Å². The number of hydrogen-bond donors (Lipinski definition) is 0. The molecule has 1 aromatic rings. The highest BCUT2D eigenvalue weighted by Crippen LogP contribution is 2.12. The van der Waals surface area contributed by atoms with Crippen molar-refractivity contribution in [3.05, 3.63) is 17.6 Å². The van der Waals surface area contributed by atoms with E-state index in [9.17, 15) is 4.79 Å². The van der Waals surface area contributed by atoms with Crippen molar-refractivity contribution < 1.29 is 9.53 Å². The first-order valence-electron chi connectivity index (χ1n) is 5.55. The largest absolute Gasteiger partial charge is 0.469 e. The molecule has 17 heavy (non-hydrogen) atoms. The van der Waals surface area contributed by atoms with Gasteiger partial charge in [0.05, 0.1) is 13.0 Å². The van der Waals surface area contributed by atoms with Crippen molar-refractivity contribution in [2.24, 2.45) is 5.92 Å². The third kappa shape index (κ3) is 3.69. The maximum absolute atomic E-state index is 11.3. The fourth-order valence-electron chi connectivity index (χ4n) is 1.67. The summed E-state index contributed by atoms with van der Waals surface area (Å²) < 4.78 is 4.70. The third-order valence-electron chi connectivity index (χ3n) is 2.49. The van der Waals surface area contributed by atoms with Crippen molar-refractivity contribution >= 4 is 11.8 Å². The highest BCUT2D eigenvalue weighted by Gasteiger charge is 2.16. The van der Waals surface area contributed by atoms with Crippen LogP contribution < -0.4 is 4.90 Å². The second-order valence-electron chi connectivity index (χ2n) is 4.22. The Morgan fingerprint density at radius 2 is 2.12 bits per heavy atom. The van der Waals surface area contributed by atoms with E-state index < -0.39 is 0 Å². The summed E-state index contributed by atoms with van der Waals surface area (Å²) in [7, 11) is 3.30. The lowest BCUT2D eigenvalue weighted by atomic mass is 10.2. The van der Waals surface area contributed by atoms with Crippen LogP contribution in [0.25, 0.3) is 0 Å². The molecular formula is C12H19N3O2. The van der Waals surface area contributed by atoms with Crippen LogP contribution in [-0.2, 0) is 9.53 Å². The highest BCUT2D eigenvalue weighted by atomic mass is 16.5. The third-order valence-corrected chi connectivity index (χ3v) is 2.49. The highest BCUT2D eigenvalue weighted by molar-refractivity contribution is 5.72. The van der Waals surface area contributed by atoms with Crippen LogP contribution in [0.2, 0.25) is 0 Å². The molecule has 0 fully saturated rings. The predicted molar refractivity (Wildman–Crippen MR) is 66.0 cm³/mol. The van der Waals surface area contributed by atoms with Gasteiger partial charge in [0.25, 0.3) is 0 Å². The van der Waals surface area contributed by atoms with Crippen LogP contribution in [0.3, 0.4) is 0 Å². The van der Waals surface area contributed by atoms with E-state index in [0.717, 1.165) is 17.3 Å². The van der Waals surface area contributed by atoms with E-state index >= 15 is 0 Å². The standard InChI is InChI=1S/C12H19N3O2/c1-8(12(16)17-5)7-15(4)11-6-9(2)13-10(3)14-11/h6,8H,7H2,1-5H3. The van der Waals surface area contributed by atoms with E-state index in [2.05, 4.69) is 9.97 Å². The summed E-state index contributed by atoms with van der Waals surface area (Å²) in [6, 6.07) is 1.90. The fourth-order valence-corrected chi connectivity index (χ4v) is 1.67. The predicted octanol–water partition coefficient (Wildman–Crippen LogP) is 1.34. The molecule has 94 valence electrons. The van der Waals surface area contributed by atoms with E-state index in [1.165, 1.54) is 7.11 Å². The van der Waals surface area contributed by atoms with Crippen LogP contribution in [-0.4, -0.2) is 36.6 Å². The lowest BCUT2D eigenvalue weighted by Gasteiger charge is -2.21. The second kappa shape index (κ2) is 5.61. The van der Waals surface area contributed by atoms with Gasteiger partial charge >= 0.3 is 5.97 Å². The Labute approximate surface area is 102 Å². The molecule has 0 aliphatic rings. The molecule has 0 radical (unpaired) electrons. The summed E-state index contributed by atoms with van der Waals surface area (Å²) in [4.78, 5) is 21.8. The molecule has 1 heterocycles. The number of hydrogen-bond acceptors (Lipinski definition) is 5. The quantitative estimate of drug-likeness (QED) is 0.740. The topological polar surface area (TPSA) is 55.3 Å². The molecule has 0 N–H and O–H groups in total. The van der Waals surface area contributed by atoms with Gasteiger partial charge in [-0.2, -0.15) is 0 Å². The molecule has 0 amide bonds. The number of esters is 1. The van der Waals surface area contributed by atoms with Crippen LogP contribution in [0.4, 0.5) is 5.82 Å². The van der Waals surface area contributed by atoms with Crippen molar-refractivity contribution in [3.63, 3.8) is 0 Å². The molecule has 1 unspecified atom stereocenters. The van der Waals surface area contributed by atoms with Crippen molar-refractivity contribution in [3.8, 4) is 0 Å². The minimum Gasteiger partial charge on any atom is -0.469 e. The molecule has 5 heteroatoms. The van der Waals surface area contributed by atoms with Crippen molar-refractivity contribution in [2.75, 3.05) is 25.6 Å². The van der Waals surface area contributed by atoms with E-state index in [1.807, 2.05) is 38.8 Å². The van der Waals surface area contributed by atoms with Gasteiger partial charge in [-0.05, 0) is 13.8 Å². The maximum Gasteiger partial charge on any atom is 0.310 e. The molecular weight excluding hydrogens is 218 g/mol.